The van der Waals surface area contributed by atoms with Crippen LogP contribution in [0.2, 0.25) is 0 Å². The fraction of sp³-hybridized carbons (Fsp3) is 0.222. The Morgan fingerprint density at radius 3 is 2.45 bits per heavy atom. The van der Waals surface area contributed by atoms with E-state index in [4.69, 9.17) is 5.11 Å². The van der Waals surface area contributed by atoms with E-state index in [-0.39, 0.29) is 17.4 Å². The van der Waals surface area contributed by atoms with Gasteiger partial charge in [0, 0.05) is 5.92 Å². The van der Waals surface area contributed by atoms with Gasteiger partial charge < -0.3 is 10.2 Å². The minimum atomic E-state index is -0.973. The third kappa shape index (κ3) is 2.26. The highest BCUT2D eigenvalue weighted by Crippen LogP contribution is 2.46. The molecule has 2 aromatic rings. The lowest BCUT2D eigenvalue weighted by molar-refractivity contribution is 0.0684. The molecule has 4 nitrogen and oxygen atoms in total. The molecule has 0 aromatic heterocycles. The smallest absolute Gasteiger partial charge is 0.335 e. The van der Waals surface area contributed by atoms with Crippen LogP contribution in [0.5, 0.6) is 0 Å². The Bertz CT molecular complexity index is 763. The summed E-state index contributed by atoms with van der Waals surface area (Å²) in [7, 11) is 0. The SMILES string of the molecule is CC1CC(c2cccc(C(=O)O)c2)c2c(C(=O)O)cccc21. The zero-order valence-corrected chi connectivity index (χ0v) is 12.1. The van der Waals surface area contributed by atoms with Crippen molar-refractivity contribution in [3.63, 3.8) is 0 Å². The number of hydrogen-bond donors (Lipinski definition) is 2. The van der Waals surface area contributed by atoms with Gasteiger partial charge in [-0.2, -0.15) is 0 Å². The Balaban J connectivity index is 2.15. The quantitative estimate of drug-likeness (QED) is 0.905. The molecule has 0 heterocycles. The van der Waals surface area contributed by atoms with Crippen LogP contribution in [-0.4, -0.2) is 22.2 Å². The molecule has 2 atom stereocenters. The normalized spacial score (nSPS) is 19.7. The van der Waals surface area contributed by atoms with Crippen LogP contribution < -0.4 is 0 Å². The topological polar surface area (TPSA) is 74.6 Å². The summed E-state index contributed by atoms with van der Waals surface area (Å²) in [6.07, 6.45) is 0.794. The summed E-state index contributed by atoms with van der Waals surface area (Å²) in [5, 5.41) is 18.6. The molecule has 2 unspecified atom stereocenters. The molecular weight excluding hydrogens is 280 g/mol. The molecule has 0 saturated heterocycles. The van der Waals surface area contributed by atoms with Crippen molar-refractivity contribution in [3.8, 4) is 0 Å². The minimum Gasteiger partial charge on any atom is -0.478 e. The average molecular weight is 296 g/mol. The maximum atomic E-state index is 11.5. The van der Waals surface area contributed by atoms with Crippen molar-refractivity contribution in [1.29, 1.82) is 0 Å². The molecule has 0 amide bonds. The van der Waals surface area contributed by atoms with Crippen molar-refractivity contribution in [2.24, 2.45) is 0 Å². The van der Waals surface area contributed by atoms with Crippen LogP contribution in [0.4, 0.5) is 0 Å². The van der Waals surface area contributed by atoms with Crippen molar-refractivity contribution >= 4 is 11.9 Å². The molecule has 1 aliphatic rings. The number of rotatable bonds is 3. The molecule has 0 bridgehead atoms. The Labute approximate surface area is 128 Å². The van der Waals surface area contributed by atoms with E-state index in [9.17, 15) is 14.7 Å². The molecule has 1 aliphatic carbocycles. The van der Waals surface area contributed by atoms with Crippen LogP contribution in [0.1, 0.15) is 62.6 Å². The van der Waals surface area contributed by atoms with E-state index in [1.54, 1.807) is 30.3 Å². The Morgan fingerprint density at radius 2 is 1.77 bits per heavy atom. The lowest BCUT2D eigenvalue weighted by Crippen LogP contribution is -2.07. The zero-order chi connectivity index (χ0) is 15.9. The first kappa shape index (κ1) is 14.3. The van der Waals surface area contributed by atoms with E-state index in [0.29, 0.717) is 5.56 Å². The van der Waals surface area contributed by atoms with Crippen LogP contribution in [0.15, 0.2) is 42.5 Å². The monoisotopic (exact) mass is 296 g/mol. The van der Waals surface area contributed by atoms with Gasteiger partial charge in [0.15, 0.2) is 0 Å². The van der Waals surface area contributed by atoms with Crippen LogP contribution in [-0.2, 0) is 0 Å². The molecule has 4 heteroatoms. The molecule has 0 radical (unpaired) electrons. The largest absolute Gasteiger partial charge is 0.478 e. The van der Waals surface area contributed by atoms with Gasteiger partial charge in [0.2, 0.25) is 0 Å². The van der Waals surface area contributed by atoms with E-state index in [2.05, 4.69) is 6.92 Å². The van der Waals surface area contributed by atoms with Gasteiger partial charge >= 0.3 is 11.9 Å². The van der Waals surface area contributed by atoms with E-state index in [1.165, 1.54) is 0 Å². The van der Waals surface area contributed by atoms with Gasteiger partial charge in [-0.25, -0.2) is 9.59 Å². The molecule has 2 N–H and O–H groups in total. The Hall–Kier alpha value is -2.62. The predicted octanol–water partition coefficient (Wildman–Crippen LogP) is 3.72. The summed E-state index contributed by atoms with van der Waals surface area (Å²) in [5.74, 6) is -1.73. The number of hydrogen-bond acceptors (Lipinski definition) is 2. The van der Waals surface area contributed by atoms with Crippen molar-refractivity contribution in [2.45, 2.75) is 25.2 Å². The van der Waals surface area contributed by atoms with Gasteiger partial charge in [-0.05, 0) is 47.2 Å². The molecule has 0 spiro atoms. The van der Waals surface area contributed by atoms with Crippen molar-refractivity contribution < 1.29 is 19.8 Å². The van der Waals surface area contributed by atoms with E-state index >= 15 is 0 Å². The first-order valence-corrected chi connectivity index (χ1v) is 7.18. The molecule has 0 fully saturated rings. The fourth-order valence-electron chi connectivity index (χ4n) is 3.38. The van der Waals surface area contributed by atoms with Crippen molar-refractivity contribution in [3.05, 3.63) is 70.3 Å². The van der Waals surface area contributed by atoms with Crippen LogP contribution in [0, 0.1) is 0 Å². The third-order valence-corrected chi connectivity index (χ3v) is 4.37. The van der Waals surface area contributed by atoms with Crippen molar-refractivity contribution in [1.82, 2.24) is 0 Å². The van der Waals surface area contributed by atoms with Gasteiger partial charge in [0.05, 0.1) is 11.1 Å². The highest BCUT2D eigenvalue weighted by atomic mass is 16.4. The first-order valence-electron chi connectivity index (χ1n) is 7.18. The van der Waals surface area contributed by atoms with Crippen LogP contribution in [0.3, 0.4) is 0 Å². The summed E-state index contributed by atoms with van der Waals surface area (Å²) in [4.78, 5) is 22.7. The highest BCUT2D eigenvalue weighted by Gasteiger charge is 2.33. The Morgan fingerprint density at radius 1 is 1.05 bits per heavy atom. The number of fused-ring (bicyclic) bond motifs is 1. The van der Waals surface area contributed by atoms with E-state index in [0.717, 1.165) is 23.1 Å². The van der Waals surface area contributed by atoms with Gasteiger partial charge in [0.1, 0.15) is 0 Å². The van der Waals surface area contributed by atoms with Gasteiger partial charge in [0.25, 0.3) is 0 Å². The third-order valence-electron chi connectivity index (χ3n) is 4.37. The summed E-state index contributed by atoms with van der Waals surface area (Å²) in [6, 6.07) is 12.1. The summed E-state index contributed by atoms with van der Waals surface area (Å²) in [5.41, 5.74) is 3.27. The fourth-order valence-corrected chi connectivity index (χ4v) is 3.38. The lowest BCUT2D eigenvalue weighted by Gasteiger charge is -2.15. The molecule has 3 rings (SSSR count). The van der Waals surface area contributed by atoms with Crippen molar-refractivity contribution in [2.75, 3.05) is 0 Å². The molecular formula is C18H16O4. The number of benzene rings is 2. The average Bonchev–Trinajstić information content (AvgIpc) is 2.84. The standard InChI is InChI=1S/C18H16O4/c1-10-8-15(11-4-2-5-12(9-11)17(19)20)16-13(10)6-3-7-14(16)18(21)22/h2-7,9-10,15H,8H2,1H3,(H,19,20)(H,21,22). The first-order chi connectivity index (χ1) is 10.5. The van der Waals surface area contributed by atoms with E-state index < -0.39 is 11.9 Å². The maximum Gasteiger partial charge on any atom is 0.335 e. The van der Waals surface area contributed by atoms with Gasteiger partial charge in [-0.1, -0.05) is 31.2 Å². The Kier molecular flexibility index (Phi) is 3.45. The number of aromatic carboxylic acids is 2. The predicted molar refractivity (Wildman–Crippen MR) is 81.7 cm³/mol. The van der Waals surface area contributed by atoms with E-state index in [1.807, 2.05) is 12.1 Å². The summed E-state index contributed by atoms with van der Waals surface area (Å²) >= 11 is 0. The van der Waals surface area contributed by atoms with Gasteiger partial charge in [-0.3, -0.25) is 0 Å². The number of carboxylic acid groups (broad SMARTS) is 2. The number of carbonyl (C=O) groups is 2. The maximum absolute atomic E-state index is 11.5. The van der Waals surface area contributed by atoms with Crippen LogP contribution >= 0.6 is 0 Å². The molecule has 22 heavy (non-hydrogen) atoms. The molecule has 0 aliphatic heterocycles. The summed E-state index contributed by atoms with van der Waals surface area (Å²) in [6.45, 7) is 2.07. The second kappa shape index (κ2) is 5.30. The van der Waals surface area contributed by atoms with Gasteiger partial charge in [-0.15, -0.1) is 0 Å². The number of carboxylic acids is 2. The molecule has 112 valence electrons. The van der Waals surface area contributed by atoms with Crippen LogP contribution in [0.25, 0.3) is 0 Å². The summed E-state index contributed by atoms with van der Waals surface area (Å²) < 4.78 is 0. The molecule has 2 aromatic carbocycles. The lowest BCUT2D eigenvalue weighted by atomic mass is 9.89. The zero-order valence-electron chi connectivity index (χ0n) is 12.1. The second-order valence-corrected chi connectivity index (χ2v) is 5.73. The minimum absolute atomic E-state index is 0.0726. The molecule has 0 saturated carbocycles. The second-order valence-electron chi connectivity index (χ2n) is 5.73. The highest BCUT2D eigenvalue weighted by molar-refractivity contribution is 5.91.